The van der Waals surface area contributed by atoms with Crippen LogP contribution in [0.1, 0.15) is 27.7 Å². The van der Waals surface area contributed by atoms with E-state index in [1.54, 1.807) is 0 Å². The summed E-state index contributed by atoms with van der Waals surface area (Å²) >= 11 is 0. The Morgan fingerprint density at radius 2 is 1.56 bits per heavy atom. The van der Waals surface area contributed by atoms with Gasteiger partial charge < -0.3 is 20.1 Å². The van der Waals surface area contributed by atoms with Gasteiger partial charge in [0.2, 0.25) is 5.91 Å². The number of amides is 1. The molecule has 0 aliphatic carbocycles. The summed E-state index contributed by atoms with van der Waals surface area (Å²) in [5.74, 6) is 1.34. The number of carbonyl (C=O) groups excluding carboxylic acids is 1. The van der Waals surface area contributed by atoms with Crippen LogP contribution in [-0.2, 0) is 4.79 Å². The van der Waals surface area contributed by atoms with Gasteiger partial charge in [0, 0.05) is 5.69 Å². The SMILES string of the molecule is CC(C)Oc1ccc(NCC(=O)Nc2ccccc2OC(C)C)cc1. The maximum Gasteiger partial charge on any atom is 0.243 e. The molecule has 2 aromatic rings. The molecule has 2 N–H and O–H groups in total. The highest BCUT2D eigenvalue weighted by atomic mass is 16.5. The smallest absolute Gasteiger partial charge is 0.243 e. The van der Waals surface area contributed by atoms with E-state index in [1.807, 2.05) is 76.2 Å². The monoisotopic (exact) mass is 342 g/mol. The quantitative estimate of drug-likeness (QED) is 0.750. The first-order chi connectivity index (χ1) is 11.9. The summed E-state index contributed by atoms with van der Waals surface area (Å²) in [6.07, 6.45) is 0.181. The number of rotatable bonds is 8. The predicted octanol–water partition coefficient (Wildman–Crippen LogP) is 4.31. The van der Waals surface area contributed by atoms with Gasteiger partial charge in [-0.3, -0.25) is 4.79 Å². The first-order valence-corrected chi connectivity index (χ1v) is 8.50. The molecule has 0 radical (unpaired) electrons. The molecule has 5 nitrogen and oxygen atoms in total. The molecule has 0 heterocycles. The molecule has 25 heavy (non-hydrogen) atoms. The third kappa shape index (κ3) is 6.37. The number of benzene rings is 2. The molecule has 0 aliphatic heterocycles. The lowest BCUT2D eigenvalue weighted by Crippen LogP contribution is -2.22. The van der Waals surface area contributed by atoms with Crippen LogP contribution in [0.3, 0.4) is 0 Å². The highest BCUT2D eigenvalue weighted by Gasteiger charge is 2.08. The lowest BCUT2D eigenvalue weighted by atomic mass is 10.2. The van der Waals surface area contributed by atoms with E-state index < -0.39 is 0 Å². The zero-order valence-corrected chi connectivity index (χ0v) is 15.2. The van der Waals surface area contributed by atoms with Crippen molar-refractivity contribution in [3.8, 4) is 11.5 Å². The third-order valence-corrected chi connectivity index (χ3v) is 3.20. The second kappa shape index (κ2) is 8.97. The molecule has 0 bridgehead atoms. The molecule has 0 aliphatic rings. The van der Waals surface area contributed by atoms with Crippen LogP contribution < -0.4 is 20.1 Å². The Morgan fingerprint density at radius 1 is 0.920 bits per heavy atom. The fourth-order valence-electron chi connectivity index (χ4n) is 2.23. The van der Waals surface area contributed by atoms with Crippen LogP contribution in [-0.4, -0.2) is 24.7 Å². The van der Waals surface area contributed by atoms with E-state index in [2.05, 4.69) is 10.6 Å². The molecule has 0 saturated heterocycles. The average Bonchev–Trinajstić information content (AvgIpc) is 2.55. The summed E-state index contributed by atoms with van der Waals surface area (Å²) in [6, 6.07) is 15.0. The molecule has 134 valence electrons. The van der Waals surface area contributed by atoms with Crippen LogP contribution in [0.5, 0.6) is 11.5 Å². The summed E-state index contributed by atoms with van der Waals surface area (Å²) in [5, 5.41) is 5.97. The van der Waals surface area contributed by atoms with E-state index in [0.717, 1.165) is 11.4 Å². The Balaban J connectivity index is 1.89. The van der Waals surface area contributed by atoms with E-state index >= 15 is 0 Å². The van der Waals surface area contributed by atoms with Gasteiger partial charge in [-0.15, -0.1) is 0 Å². The van der Waals surface area contributed by atoms with Crippen LogP contribution in [0.4, 0.5) is 11.4 Å². The van der Waals surface area contributed by atoms with E-state index in [4.69, 9.17) is 9.47 Å². The fourth-order valence-corrected chi connectivity index (χ4v) is 2.23. The third-order valence-electron chi connectivity index (χ3n) is 3.20. The van der Waals surface area contributed by atoms with Crippen molar-refractivity contribution in [2.24, 2.45) is 0 Å². The minimum absolute atomic E-state index is 0.0442. The minimum Gasteiger partial charge on any atom is -0.491 e. The maximum absolute atomic E-state index is 12.2. The lowest BCUT2D eigenvalue weighted by Gasteiger charge is -2.15. The predicted molar refractivity (Wildman–Crippen MR) is 102 cm³/mol. The van der Waals surface area contributed by atoms with Gasteiger partial charge in [-0.25, -0.2) is 0 Å². The Labute approximate surface area is 149 Å². The fraction of sp³-hybridized carbons (Fsp3) is 0.350. The van der Waals surface area contributed by atoms with E-state index in [1.165, 1.54) is 0 Å². The highest BCUT2D eigenvalue weighted by molar-refractivity contribution is 5.95. The van der Waals surface area contributed by atoms with Crippen LogP contribution in [0.15, 0.2) is 48.5 Å². The maximum atomic E-state index is 12.2. The van der Waals surface area contributed by atoms with Crippen molar-refractivity contribution >= 4 is 17.3 Å². The van der Waals surface area contributed by atoms with Crippen molar-refractivity contribution in [2.75, 3.05) is 17.2 Å². The summed E-state index contributed by atoms with van der Waals surface area (Å²) < 4.78 is 11.3. The molecule has 0 spiro atoms. The van der Waals surface area contributed by atoms with E-state index in [0.29, 0.717) is 11.4 Å². The average molecular weight is 342 g/mol. The molecule has 2 rings (SSSR count). The molecule has 1 amide bonds. The summed E-state index contributed by atoms with van der Waals surface area (Å²) in [4.78, 5) is 12.2. The second-order valence-electron chi connectivity index (χ2n) is 6.26. The van der Waals surface area contributed by atoms with Gasteiger partial charge in [0.05, 0.1) is 24.4 Å². The van der Waals surface area contributed by atoms with Crippen molar-refractivity contribution in [2.45, 2.75) is 39.9 Å². The van der Waals surface area contributed by atoms with Crippen LogP contribution in [0.25, 0.3) is 0 Å². The molecule has 0 aromatic heterocycles. The van der Waals surface area contributed by atoms with Crippen molar-refractivity contribution in [1.82, 2.24) is 0 Å². The Kier molecular flexibility index (Phi) is 6.69. The van der Waals surface area contributed by atoms with Crippen LogP contribution in [0.2, 0.25) is 0 Å². The van der Waals surface area contributed by atoms with Crippen molar-refractivity contribution in [1.29, 1.82) is 0 Å². The van der Waals surface area contributed by atoms with Gasteiger partial charge in [-0.05, 0) is 64.1 Å². The van der Waals surface area contributed by atoms with E-state index in [-0.39, 0.29) is 24.7 Å². The summed E-state index contributed by atoms with van der Waals surface area (Å²) in [5.41, 5.74) is 1.53. The molecule has 2 aromatic carbocycles. The summed E-state index contributed by atoms with van der Waals surface area (Å²) in [6.45, 7) is 8.04. The van der Waals surface area contributed by atoms with Crippen molar-refractivity contribution in [3.63, 3.8) is 0 Å². The van der Waals surface area contributed by atoms with Gasteiger partial charge in [-0.1, -0.05) is 12.1 Å². The molecule has 5 heteroatoms. The zero-order chi connectivity index (χ0) is 18.2. The van der Waals surface area contributed by atoms with Crippen LogP contribution in [0, 0.1) is 0 Å². The second-order valence-corrected chi connectivity index (χ2v) is 6.26. The van der Waals surface area contributed by atoms with Crippen LogP contribution >= 0.6 is 0 Å². The first-order valence-electron chi connectivity index (χ1n) is 8.50. The van der Waals surface area contributed by atoms with Gasteiger partial charge in [-0.2, -0.15) is 0 Å². The van der Waals surface area contributed by atoms with Crippen molar-refractivity contribution < 1.29 is 14.3 Å². The normalized spacial score (nSPS) is 10.6. The first kappa shape index (κ1) is 18.6. The Bertz CT molecular complexity index is 682. The standard InChI is InChI=1S/C20H26N2O3/c1-14(2)24-17-11-9-16(10-12-17)21-13-20(23)22-18-7-5-6-8-19(18)25-15(3)4/h5-12,14-15,21H,13H2,1-4H3,(H,22,23). The Hall–Kier alpha value is -2.69. The molecule has 0 atom stereocenters. The number of para-hydroxylation sites is 2. The minimum atomic E-state index is -0.137. The highest BCUT2D eigenvalue weighted by Crippen LogP contribution is 2.24. The van der Waals surface area contributed by atoms with Gasteiger partial charge in [0.15, 0.2) is 0 Å². The topological polar surface area (TPSA) is 59.6 Å². The summed E-state index contributed by atoms with van der Waals surface area (Å²) in [7, 11) is 0. The van der Waals surface area contributed by atoms with Gasteiger partial charge in [0.25, 0.3) is 0 Å². The van der Waals surface area contributed by atoms with E-state index in [9.17, 15) is 4.79 Å². The Morgan fingerprint density at radius 3 is 2.20 bits per heavy atom. The zero-order valence-electron chi connectivity index (χ0n) is 15.2. The molecular weight excluding hydrogens is 316 g/mol. The molecule has 0 saturated carbocycles. The number of anilines is 2. The number of hydrogen-bond acceptors (Lipinski definition) is 4. The van der Waals surface area contributed by atoms with Crippen molar-refractivity contribution in [3.05, 3.63) is 48.5 Å². The largest absolute Gasteiger partial charge is 0.491 e. The molecular formula is C20H26N2O3. The number of ether oxygens (including phenoxy) is 2. The van der Waals surface area contributed by atoms with Gasteiger partial charge >= 0.3 is 0 Å². The van der Waals surface area contributed by atoms with Gasteiger partial charge in [0.1, 0.15) is 11.5 Å². The lowest BCUT2D eigenvalue weighted by molar-refractivity contribution is -0.114. The number of carbonyl (C=O) groups is 1. The molecule has 0 fully saturated rings. The number of hydrogen-bond donors (Lipinski definition) is 2. The molecule has 0 unspecified atom stereocenters. The number of nitrogens with one attached hydrogen (secondary N) is 2.